The molecule has 5 heteroatoms. The molecular formula is C10H17N5. The summed E-state index contributed by atoms with van der Waals surface area (Å²) >= 11 is 0. The van der Waals surface area contributed by atoms with Gasteiger partial charge < -0.3 is 16.4 Å². The van der Waals surface area contributed by atoms with Crippen LogP contribution in [0.2, 0.25) is 0 Å². The quantitative estimate of drug-likeness (QED) is 0.629. The van der Waals surface area contributed by atoms with E-state index in [1.165, 1.54) is 17.8 Å². The Kier molecular flexibility index (Phi) is 2.05. The number of hydrogen-bond donors (Lipinski definition) is 3. The minimum Gasteiger partial charge on any atom is -0.370 e. The summed E-state index contributed by atoms with van der Waals surface area (Å²) in [5.41, 5.74) is 7.11. The summed E-state index contributed by atoms with van der Waals surface area (Å²) in [6.45, 7) is 2.73. The van der Waals surface area contributed by atoms with Gasteiger partial charge in [-0.1, -0.05) is 0 Å². The molecule has 1 unspecified atom stereocenters. The molecule has 5 nitrogen and oxygen atoms in total. The van der Waals surface area contributed by atoms with Crippen molar-refractivity contribution in [3.63, 3.8) is 0 Å². The highest BCUT2D eigenvalue weighted by molar-refractivity contribution is 5.61. The van der Waals surface area contributed by atoms with Crippen molar-refractivity contribution in [1.29, 1.82) is 0 Å². The van der Waals surface area contributed by atoms with E-state index in [-0.39, 0.29) is 0 Å². The molecule has 1 aromatic heterocycles. The summed E-state index contributed by atoms with van der Waals surface area (Å²) in [5.74, 6) is 2.25. The van der Waals surface area contributed by atoms with Gasteiger partial charge in [-0.15, -0.1) is 0 Å². The largest absolute Gasteiger partial charge is 0.370 e. The van der Waals surface area contributed by atoms with E-state index < -0.39 is 0 Å². The second-order valence-corrected chi connectivity index (χ2v) is 4.26. The van der Waals surface area contributed by atoms with Crippen LogP contribution in [0.25, 0.3) is 0 Å². The van der Waals surface area contributed by atoms with Gasteiger partial charge in [-0.2, -0.15) is 5.10 Å². The summed E-state index contributed by atoms with van der Waals surface area (Å²) in [4.78, 5) is 0. The fourth-order valence-corrected chi connectivity index (χ4v) is 2.47. The zero-order chi connectivity index (χ0) is 10.3. The maximum atomic E-state index is 5.77. The topological polar surface area (TPSA) is 67.9 Å². The Bertz CT molecular complexity index is 370. The number of aromatic nitrogens is 2. The standard InChI is InChI=1S/C10H17N5/c11-6-7-3-5-13-10-8-2-1-4-12-9(8)14-15(7)10/h7,13H,1-6,11H2,(H,12,14). The van der Waals surface area contributed by atoms with Gasteiger partial charge in [0.15, 0.2) is 5.82 Å². The van der Waals surface area contributed by atoms with E-state index in [1.54, 1.807) is 0 Å². The van der Waals surface area contributed by atoms with Gasteiger partial charge in [0.05, 0.1) is 6.04 Å². The summed E-state index contributed by atoms with van der Waals surface area (Å²) in [5, 5.41) is 11.4. The first-order valence-electron chi connectivity index (χ1n) is 5.69. The van der Waals surface area contributed by atoms with E-state index >= 15 is 0 Å². The van der Waals surface area contributed by atoms with Crippen molar-refractivity contribution in [2.75, 3.05) is 30.3 Å². The number of rotatable bonds is 1. The van der Waals surface area contributed by atoms with Gasteiger partial charge in [0, 0.05) is 25.2 Å². The third kappa shape index (κ3) is 1.30. The first-order valence-corrected chi connectivity index (χ1v) is 5.69. The highest BCUT2D eigenvalue weighted by atomic mass is 15.4. The Balaban J connectivity index is 2.06. The molecule has 2 aliphatic rings. The lowest BCUT2D eigenvalue weighted by atomic mass is 10.1. The fraction of sp³-hybridized carbons (Fsp3) is 0.700. The minimum absolute atomic E-state index is 0.369. The van der Waals surface area contributed by atoms with E-state index in [1.807, 2.05) is 0 Å². The van der Waals surface area contributed by atoms with Crippen LogP contribution < -0.4 is 16.4 Å². The van der Waals surface area contributed by atoms with Crippen molar-refractivity contribution in [3.8, 4) is 0 Å². The number of anilines is 2. The lowest BCUT2D eigenvalue weighted by Crippen LogP contribution is -2.29. The van der Waals surface area contributed by atoms with Crippen LogP contribution in [0.4, 0.5) is 11.6 Å². The van der Waals surface area contributed by atoms with Crippen LogP contribution in [-0.4, -0.2) is 29.4 Å². The minimum atomic E-state index is 0.369. The highest BCUT2D eigenvalue weighted by Gasteiger charge is 2.26. The Hall–Kier alpha value is -1.23. The van der Waals surface area contributed by atoms with Crippen molar-refractivity contribution >= 4 is 11.6 Å². The molecule has 0 bridgehead atoms. The third-order valence-corrected chi connectivity index (χ3v) is 3.29. The van der Waals surface area contributed by atoms with Gasteiger partial charge in [-0.3, -0.25) is 0 Å². The van der Waals surface area contributed by atoms with Crippen LogP contribution in [0.5, 0.6) is 0 Å². The molecule has 1 atom stereocenters. The highest BCUT2D eigenvalue weighted by Crippen LogP contribution is 2.33. The summed E-state index contributed by atoms with van der Waals surface area (Å²) in [7, 11) is 0. The second kappa shape index (κ2) is 3.41. The van der Waals surface area contributed by atoms with Crippen LogP contribution >= 0.6 is 0 Å². The maximum absolute atomic E-state index is 5.77. The van der Waals surface area contributed by atoms with Crippen molar-refractivity contribution in [2.24, 2.45) is 5.73 Å². The molecule has 0 saturated heterocycles. The smallest absolute Gasteiger partial charge is 0.153 e. The van der Waals surface area contributed by atoms with Gasteiger partial charge in [0.25, 0.3) is 0 Å². The Morgan fingerprint density at radius 1 is 1.40 bits per heavy atom. The van der Waals surface area contributed by atoms with Gasteiger partial charge in [-0.25, -0.2) is 4.68 Å². The summed E-state index contributed by atoms with van der Waals surface area (Å²) < 4.78 is 2.08. The van der Waals surface area contributed by atoms with E-state index in [4.69, 9.17) is 5.73 Å². The number of nitrogens with two attached hydrogens (primary N) is 1. The molecule has 3 rings (SSSR count). The zero-order valence-electron chi connectivity index (χ0n) is 8.79. The first kappa shape index (κ1) is 9.03. The van der Waals surface area contributed by atoms with Crippen LogP contribution in [0.3, 0.4) is 0 Å². The van der Waals surface area contributed by atoms with Gasteiger partial charge in [0.2, 0.25) is 0 Å². The van der Waals surface area contributed by atoms with E-state index in [2.05, 4.69) is 20.4 Å². The molecule has 4 N–H and O–H groups in total. The Morgan fingerprint density at radius 3 is 3.20 bits per heavy atom. The molecular weight excluding hydrogens is 190 g/mol. The van der Waals surface area contributed by atoms with E-state index in [9.17, 15) is 0 Å². The average Bonchev–Trinajstić information content (AvgIpc) is 2.67. The van der Waals surface area contributed by atoms with E-state index in [0.717, 1.165) is 31.7 Å². The lowest BCUT2D eigenvalue weighted by Gasteiger charge is -2.25. The molecule has 0 amide bonds. The van der Waals surface area contributed by atoms with Crippen molar-refractivity contribution in [2.45, 2.75) is 25.3 Å². The number of hydrogen-bond acceptors (Lipinski definition) is 4. The van der Waals surface area contributed by atoms with Gasteiger partial charge >= 0.3 is 0 Å². The summed E-state index contributed by atoms with van der Waals surface area (Å²) in [6.07, 6.45) is 3.40. The fourth-order valence-electron chi connectivity index (χ4n) is 2.47. The molecule has 2 aliphatic heterocycles. The normalized spacial score (nSPS) is 23.7. The van der Waals surface area contributed by atoms with Crippen molar-refractivity contribution in [1.82, 2.24) is 9.78 Å². The zero-order valence-corrected chi connectivity index (χ0v) is 8.79. The van der Waals surface area contributed by atoms with Gasteiger partial charge in [-0.05, 0) is 19.3 Å². The molecule has 15 heavy (non-hydrogen) atoms. The monoisotopic (exact) mass is 207 g/mol. The van der Waals surface area contributed by atoms with E-state index in [0.29, 0.717) is 12.6 Å². The molecule has 0 aromatic carbocycles. The Labute approximate surface area is 89.0 Å². The van der Waals surface area contributed by atoms with Crippen LogP contribution in [-0.2, 0) is 6.42 Å². The second-order valence-electron chi connectivity index (χ2n) is 4.26. The van der Waals surface area contributed by atoms with Crippen molar-refractivity contribution < 1.29 is 0 Å². The molecule has 0 spiro atoms. The molecule has 0 radical (unpaired) electrons. The molecule has 0 fully saturated rings. The van der Waals surface area contributed by atoms with Crippen LogP contribution in [0, 0.1) is 0 Å². The first-order chi connectivity index (χ1) is 7.40. The molecule has 1 aromatic rings. The Morgan fingerprint density at radius 2 is 2.33 bits per heavy atom. The van der Waals surface area contributed by atoms with Crippen LogP contribution in [0.1, 0.15) is 24.4 Å². The summed E-state index contributed by atoms with van der Waals surface area (Å²) in [6, 6.07) is 0.369. The lowest BCUT2D eigenvalue weighted by molar-refractivity contribution is 0.428. The average molecular weight is 207 g/mol. The van der Waals surface area contributed by atoms with Crippen molar-refractivity contribution in [3.05, 3.63) is 5.56 Å². The SMILES string of the molecule is NCC1CCNc2c3c(nn21)NCCC3. The maximum Gasteiger partial charge on any atom is 0.153 e. The van der Waals surface area contributed by atoms with Crippen LogP contribution in [0.15, 0.2) is 0 Å². The predicted octanol–water partition coefficient (Wildman–Crippen LogP) is 0.557. The molecule has 0 saturated carbocycles. The molecule has 0 aliphatic carbocycles. The number of nitrogens with zero attached hydrogens (tertiary/aromatic N) is 2. The van der Waals surface area contributed by atoms with Gasteiger partial charge in [0.1, 0.15) is 5.82 Å². The molecule has 82 valence electrons. The number of fused-ring (bicyclic) bond motifs is 3. The predicted molar refractivity (Wildman–Crippen MR) is 60.2 cm³/mol. The number of nitrogens with one attached hydrogen (secondary N) is 2. The molecule has 3 heterocycles. The third-order valence-electron chi connectivity index (χ3n) is 3.29.